The Morgan fingerprint density at radius 2 is 2.00 bits per heavy atom. The van der Waals surface area contributed by atoms with Crippen LogP contribution in [0.25, 0.3) is 0 Å². The molecule has 0 radical (unpaired) electrons. The van der Waals surface area contributed by atoms with Crippen LogP contribution in [0, 0.1) is 18.2 Å². The number of halogens is 1. The van der Waals surface area contributed by atoms with Crippen LogP contribution >= 0.6 is 0 Å². The lowest BCUT2D eigenvalue weighted by Gasteiger charge is -2.38. The van der Waals surface area contributed by atoms with E-state index >= 15 is 0 Å². The molecule has 0 atom stereocenters. The average Bonchev–Trinajstić information content (AvgIpc) is 2.29. The van der Waals surface area contributed by atoms with Gasteiger partial charge in [0.25, 0.3) is 0 Å². The third kappa shape index (κ3) is 2.09. The number of benzene rings is 1. The van der Waals surface area contributed by atoms with E-state index in [9.17, 15) is 19.1 Å². The van der Waals surface area contributed by atoms with Gasteiger partial charge >= 0.3 is 5.97 Å². The first-order valence-corrected chi connectivity index (χ1v) is 6.16. The lowest BCUT2D eigenvalue weighted by atomic mass is 9.68. The molecular weight excluding hydrogens is 249 g/mol. The van der Waals surface area contributed by atoms with E-state index < -0.39 is 17.3 Å². The van der Waals surface area contributed by atoms with E-state index in [1.165, 1.54) is 24.1 Å². The fraction of sp³-hybridized carbons (Fsp3) is 0.429. The van der Waals surface area contributed by atoms with Crippen molar-refractivity contribution in [2.75, 3.05) is 11.9 Å². The van der Waals surface area contributed by atoms with Crippen LogP contribution in [-0.2, 0) is 9.59 Å². The predicted octanol–water partition coefficient (Wildman–Crippen LogP) is 2.35. The summed E-state index contributed by atoms with van der Waals surface area (Å²) in [7, 11) is 1.53. The topological polar surface area (TPSA) is 57.6 Å². The number of anilines is 1. The van der Waals surface area contributed by atoms with Gasteiger partial charge in [-0.05, 0) is 43.5 Å². The third-order valence-electron chi connectivity index (χ3n) is 3.86. The average molecular weight is 265 g/mol. The second-order valence-corrected chi connectivity index (χ2v) is 5.04. The standard InChI is InChI=1S/C14H16FNO3/c1-9-8-10(4-5-11(9)15)16(2)12(17)14(13(18)19)6-3-7-14/h4-5,8H,3,6-7H2,1-2H3,(H,18,19). The van der Waals surface area contributed by atoms with Gasteiger partial charge in [0.05, 0.1) is 0 Å². The highest BCUT2D eigenvalue weighted by molar-refractivity contribution is 6.10. The maximum absolute atomic E-state index is 13.2. The minimum Gasteiger partial charge on any atom is -0.480 e. The summed E-state index contributed by atoms with van der Waals surface area (Å²) in [6.07, 6.45) is 1.48. The van der Waals surface area contributed by atoms with Crippen molar-refractivity contribution in [1.82, 2.24) is 0 Å². The highest BCUT2D eigenvalue weighted by Crippen LogP contribution is 2.43. The zero-order valence-electron chi connectivity index (χ0n) is 10.9. The summed E-state index contributed by atoms with van der Waals surface area (Å²) in [5, 5.41) is 9.24. The van der Waals surface area contributed by atoms with Crippen LogP contribution in [-0.4, -0.2) is 24.0 Å². The molecule has 0 spiro atoms. The van der Waals surface area contributed by atoms with Gasteiger partial charge in [0.15, 0.2) is 0 Å². The number of aliphatic carboxylic acids is 1. The number of carboxylic acids is 1. The molecule has 0 aromatic heterocycles. The fourth-order valence-electron chi connectivity index (χ4n) is 2.33. The number of carbonyl (C=O) groups excluding carboxylic acids is 1. The van der Waals surface area contributed by atoms with Crippen molar-refractivity contribution in [3.8, 4) is 0 Å². The second kappa shape index (κ2) is 4.64. The largest absolute Gasteiger partial charge is 0.480 e. The molecule has 1 fully saturated rings. The number of carbonyl (C=O) groups is 2. The molecule has 0 heterocycles. The number of nitrogens with zero attached hydrogens (tertiary/aromatic N) is 1. The molecule has 0 bridgehead atoms. The van der Waals surface area contributed by atoms with Crippen LogP contribution in [0.2, 0.25) is 0 Å². The number of hydrogen-bond acceptors (Lipinski definition) is 2. The predicted molar refractivity (Wildman–Crippen MR) is 68.5 cm³/mol. The highest BCUT2D eigenvalue weighted by atomic mass is 19.1. The number of hydrogen-bond donors (Lipinski definition) is 1. The number of rotatable bonds is 3. The molecule has 2 rings (SSSR count). The van der Waals surface area contributed by atoms with Crippen molar-refractivity contribution in [2.24, 2.45) is 5.41 Å². The lowest BCUT2D eigenvalue weighted by molar-refractivity contribution is -0.160. The van der Waals surface area contributed by atoms with Gasteiger partial charge in [-0.25, -0.2) is 4.39 Å². The minimum atomic E-state index is -1.29. The Bertz CT molecular complexity index is 537. The van der Waals surface area contributed by atoms with E-state index in [1.807, 2.05) is 0 Å². The molecule has 0 unspecified atom stereocenters. The van der Waals surface area contributed by atoms with E-state index in [4.69, 9.17) is 0 Å². The molecule has 1 aromatic carbocycles. The Balaban J connectivity index is 2.28. The molecule has 1 N–H and O–H groups in total. The van der Waals surface area contributed by atoms with Gasteiger partial charge in [-0.2, -0.15) is 0 Å². The van der Waals surface area contributed by atoms with Crippen LogP contribution in [0.3, 0.4) is 0 Å². The van der Waals surface area contributed by atoms with Crippen LogP contribution in [0.1, 0.15) is 24.8 Å². The molecule has 1 saturated carbocycles. The molecule has 5 heteroatoms. The van der Waals surface area contributed by atoms with Gasteiger partial charge < -0.3 is 10.0 Å². The van der Waals surface area contributed by atoms with Crippen molar-refractivity contribution < 1.29 is 19.1 Å². The number of aryl methyl sites for hydroxylation is 1. The molecule has 1 aliphatic rings. The summed E-state index contributed by atoms with van der Waals surface area (Å²) < 4.78 is 13.2. The lowest BCUT2D eigenvalue weighted by Crippen LogP contribution is -2.51. The van der Waals surface area contributed by atoms with Crippen LogP contribution in [0.5, 0.6) is 0 Å². The first-order valence-electron chi connectivity index (χ1n) is 6.16. The van der Waals surface area contributed by atoms with Crippen LogP contribution in [0.4, 0.5) is 10.1 Å². The Kier molecular flexibility index (Phi) is 3.30. The van der Waals surface area contributed by atoms with Gasteiger partial charge in [0.2, 0.25) is 5.91 Å². The summed E-state index contributed by atoms with van der Waals surface area (Å²) in [4.78, 5) is 24.9. The quantitative estimate of drug-likeness (QED) is 0.853. The highest BCUT2D eigenvalue weighted by Gasteiger charge is 2.52. The summed E-state index contributed by atoms with van der Waals surface area (Å²) in [5.41, 5.74) is -0.358. The molecule has 0 aliphatic heterocycles. The molecule has 0 saturated heterocycles. The van der Waals surface area contributed by atoms with Crippen LogP contribution in [0.15, 0.2) is 18.2 Å². The van der Waals surface area contributed by atoms with Crippen molar-refractivity contribution in [1.29, 1.82) is 0 Å². The third-order valence-corrected chi connectivity index (χ3v) is 3.86. The Morgan fingerprint density at radius 3 is 2.42 bits per heavy atom. The SMILES string of the molecule is Cc1cc(N(C)C(=O)C2(C(=O)O)CCC2)ccc1F. The first kappa shape index (κ1) is 13.5. The first-order chi connectivity index (χ1) is 8.88. The minimum absolute atomic E-state index is 0.346. The Labute approximate surface area is 110 Å². The summed E-state index contributed by atoms with van der Waals surface area (Å²) in [6.45, 7) is 1.60. The molecule has 1 aliphatic carbocycles. The zero-order valence-corrected chi connectivity index (χ0v) is 10.9. The Hall–Kier alpha value is -1.91. The number of amides is 1. The van der Waals surface area contributed by atoms with Crippen molar-refractivity contribution in [3.63, 3.8) is 0 Å². The molecule has 102 valence electrons. The second-order valence-electron chi connectivity index (χ2n) is 5.04. The maximum atomic E-state index is 13.2. The van der Waals surface area contributed by atoms with Gasteiger partial charge in [-0.3, -0.25) is 9.59 Å². The van der Waals surface area contributed by atoms with E-state index in [-0.39, 0.29) is 5.82 Å². The smallest absolute Gasteiger partial charge is 0.319 e. The summed E-state index contributed by atoms with van der Waals surface area (Å²) >= 11 is 0. The zero-order chi connectivity index (χ0) is 14.2. The van der Waals surface area contributed by atoms with Gasteiger partial charge in [-0.1, -0.05) is 6.42 Å². The van der Waals surface area contributed by atoms with E-state index in [2.05, 4.69) is 0 Å². The van der Waals surface area contributed by atoms with Crippen molar-refractivity contribution >= 4 is 17.6 Å². The normalized spacial score (nSPS) is 16.6. The molecule has 19 heavy (non-hydrogen) atoms. The molecule has 4 nitrogen and oxygen atoms in total. The van der Waals surface area contributed by atoms with Crippen molar-refractivity contribution in [2.45, 2.75) is 26.2 Å². The monoisotopic (exact) mass is 265 g/mol. The van der Waals surface area contributed by atoms with E-state index in [1.54, 1.807) is 13.0 Å². The van der Waals surface area contributed by atoms with E-state index in [0.29, 0.717) is 24.1 Å². The van der Waals surface area contributed by atoms with E-state index in [0.717, 1.165) is 6.42 Å². The Morgan fingerprint density at radius 1 is 1.37 bits per heavy atom. The maximum Gasteiger partial charge on any atom is 0.319 e. The number of carboxylic acid groups (broad SMARTS) is 1. The molecule has 1 amide bonds. The fourth-order valence-corrected chi connectivity index (χ4v) is 2.33. The van der Waals surface area contributed by atoms with Gasteiger partial charge in [0, 0.05) is 12.7 Å². The summed E-state index contributed by atoms with van der Waals surface area (Å²) in [6, 6.07) is 4.30. The molecular formula is C14H16FNO3. The molecule has 1 aromatic rings. The van der Waals surface area contributed by atoms with Crippen molar-refractivity contribution in [3.05, 3.63) is 29.6 Å². The van der Waals surface area contributed by atoms with Gasteiger partial charge in [0.1, 0.15) is 11.2 Å². The summed E-state index contributed by atoms with van der Waals surface area (Å²) in [5.74, 6) is -1.85. The van der Waals surface area contributed by atoms with Gasteiger partial charge in [-0.15, -0.1) is 0 Å². The van der Waals surface area contributed by atoms with Crippen LogP contribution < -0.4 is 4.90 Å².